The smallest absolute Gasteiger partial charge is 0.253 e. The number of carbonyl (C=O) groups is 1. The summed E-state index contributed by atoms with van der Waals surface area (Å²) in [5.74, 6) is 1.41. The molecule has 4 aromatic carbocycles. The lowest BCUT2D eigenvalue weighted by Gasteiger charge is -2.28. The van der Waals surface area contributed by atoms with Gasteiger partial charge in [-0.25, -0.2) is 13.3 Å². The average Bonchev–Trinajstić information content (AvgIpc) is 3.09. The van der Waals surface area contributed by atoms with Crippen LogP contribution in [-0.2, 0) is 29.5 Å². The summed E-state index contributed by atoms with van der Waals surface area (Å²) in [6.45, 7) is 10.6. The summed E-state index contributed by atoms with van der Waals surface area (Å²) in [5.41, 5.74) is 6.23. The second-order valence-corrected chi connectivity index (χ2v) is 13.8. The van der Waals surface area contributed by atoms with Crippen molar-refractivity contribution in [2.24, 2.45) is 0 Å². The van der Waals surface area contributed by atoms with Gasteiger partial charge in [0.15, 0.2) is 5.69 Å². The van der Waals surface area contributed by atoms with Gasteiger partial charge in [0.05, 0.1) is 25.1 Å². The first-order chi connectivity index (χ1) is 24.0. The van der Waals surface area contributed by atoms with Crippen molar-refractivity contribution in [2.75, 3.05) is 36.6 Å². The molecule has 0 aliphatic carbocycles. The molecule has 5 aromatic rings. The van der Waals surface area contributed by atoms with Crippen LogP contribution in [0, 0.1) is 13.5 Å². The van der Waals surface area contributed by atoms with E-state index in [2.05, 4.69) is 19.5 Å². The number of anilines is 2. The zero-order chi connectivity index (χ0) is 35.7. The Morgan fingerprint density at radius 2 is 1.54 bits per heavy atom. The van der Waals surface area contributed by atoms with Gasteiger partial charge >= 0.3 is 0 Å². The molecular formula is C39H39N5O5S. The average molecular weight is 690 g/mol. The fourth-order valence-electron chi connectivity index (χ4n) is 5.35. The van der Waals surface area contributed by atoms with E-state index in [9.17, 15) is 13.2 Å². The molecule has 1 amide bonds. The summed E-state index contributed by atoms with van der Waals surface area (Å²) < 4.78 is 39.0. The molecule has 0 radical (unpaired) electrons. The van der Waals surface area contributed by atoms with E-state index in [0.29, 0.717) is 60.3 Å². The summed E-state index contributed by atoms with van der Waals surface area (Å²) in [4.78, 5) is 24.2. The molecule has 0 saturated carbocycles. The summed E-state index contributed by atoms with van der Waals surface area (Å²) in [6, 6.07) is 29.7. The van der Waals surface area contributed by atoms with E-state index in [1.165, 1.54) is 4.90 Å². The molecule has 5 rings (SSSR count). The SMILES string of the molecule is [C-]#[N+]c1ccc(CN(Cc2ccc(Oc3cc(OCCc4cccnc4)cc(C(=O)N(C)C)c3)cc2)c2cccc(NS(C)(=O)=O)c2C)cc1. The van der Waals surface area contributed by atoms with Gasteiger partial charge < -0.3 is 19.3 Å². The van der Waals surface area contributed by atoms with Crippen molar-refractivity contribution in [3.63, 3.8) is 0 Å². The monoisotopic (exact) mass is 689 g/mol. The van der Waals surface area contributed by atoms with Crippen LogP contribution >= 0.6 is 0 Å². The van der Waals surface area contributed by atoms with Crippen LogP contribution in [0.4, 0.5) is 17.1 Å². The molecule has 0 saturated heterocycles. The maximum atomic E-state index is 12.9. The number of amides is 1. The van der Waals surface area contributed by atoms with Crippen molar-refractivity contribution in [3.8, 4) is 17.2 Å². The van der Waals surface area contributed by atoms with Crippen LogP contribution < -0.4 is 19.1 Å². The van der Waals surface area contributed by atoms with E-state index in [1.54, 1.807) is 62.9 Å². The Balaban J connectivity index is 1.37. The molecule has 1 N–H and O–H groups in total. The summed E-state index contributed by atoms with van der Waals surface area (Å²) in [5, 5.41) is 0. The standard InChI is InChI=1S/C39H39N5O5S/c1-28-37(42-50(5,46)47)9-6-10-38(28)44(26-30-11-15-33(40-2)16-12-30)27-31-13-17-34(18-14-31)49-36-23-32(39(45)43(3)4)22-35(24-36)48-21-19-29-8-7-20-41-25-29/h6-18,20,22-25,42H,19,21,26-27H2,1,3-5H3. The van der Waals surface area contributed by atoms with E-state index < -0.39 is 10.0 Å². The summed E-state index contributed by atoms with van der Waals surface area (Å²) in [6.07, 6.45) is 5.33. The van der Waals surface area contributed by atoms with Crippen molar-refractivity contribution in [1.29, 1.82) is 0 Å². The van der Waals surface area contributed by atoms with Crippen LogP contribution in [0.1, 0.15) is 32.6 Å². The normalized spacial score (nSPS) is 10.9. The first-order valence-corrected chi connectivity index (χ1v) is 17.8. The molecule has 1 aromatic heterocycles. The lowest BCUT2D eigenvalue weighted by atomic mass is 10.1. The number of hydrogen-bond donors (Lipinski definition) is 1. The molecule has 0 atom stereocenters. The third-order valence-electron chi connectivity index (χ3n) is 7.83. The number of nitrogens with zero attached hydrogens (tertiary/aromatic N) is 4. The van der Waals surface area contributed by atoms with Gasteiger partial charge in [0.25, 0.3) is 5.91 Å². The Labute approximate surface area is 293 Å². The predicted octanol–water partition coefficient (Wildman–Crippen LogP) is 7.63. The zero-order valence-electron chi connectivity index (χ0n) is 28.5. The van der Waals surface area contributed by atoms with Gasteiger partial charge in [0.1, 0.15) is 17.2 Å². The van der Waals surface area contributed by atoms with Crippen LogP contribution in [0.25, 0.3) is 4.85 Å². The molecule has 256 valence electrons. The highest BCUT2D eigenvalue weighted by atomic mass is 32.2. The lowest BCUT2D eigenvalue weighted by molar-refractivity contribution is 0.0826. The van der Waals surface area contributed by atoms with Gasteiger partial charge in [-0.1, -0.05) is 48.5 Å². The molecule has 1 heterocycles. The van der Waals surface area contributed by atoms with Crippen LogP contribution in [-0.4, -0.2) is 51.2 Å². The van der Waals surface area contributed by atoms with Gasteiger partial charge in [-0.05, 0) is 71.6 Å². The minimum atomic E-state index is -3.47. The minimum absolute atomic E-state index is 0.169. The van der Waals surface area contributed by atoms with Crippen molar-refractivity contribution < 1.29 is 22.7 Å². The highest BCUT2D eigenvalue weighted by Crippen LogP contribution is 2.32. The number of nitrogens with one attached hydrogen (secondary N) is 1. The van der Waals surface area contributed by atoms with Crippen LogP contribution in [0.15, 0.2) is 109 Å². The van der Waals surface area contributed by atoms with Crippen molar-refractivity contribution >= 4 is 33.0 Å². The third-order valence-corrected chi connectivity index (χ3v) is 8.42. The van der Waals surface area contributed by atoms with E-state index in [-0.39, 0.29) is 5.91 Å². The number of pyridine rings is 1. The van der Waals surface area contributed by atoms with Crippen molar-refractivity contribution in [2.45, 2.75) is 26.4 Å². The topological polar surface area (TPSA) is 105 Å². The van der Waals surface area contributed by atoms with Gasteiger partial charge in [0.2, 0.25) is 10.0 Å². The molecule has 0 aliphatic rings. The number of hydrogen-bond acceptors (Lipinski definition) is 7. The zero-order valence-corrected chi connectivity index (χ0v) is 29.3. The molecule has 0 spiro atoms. The Morgan fingerprint density at radius 3 is 2.16 bits per heavy atom. The summed E-state index contributed by atoms with van der Waals surface area (Å²) in [7, 11) is -0.0758. The fraction of sp³-hybridized carbons (Fsp3) is 0.205. The van der Waals surface area contributed by atoms with Crippen LogP contribution in [0.3, 0.4) is 0 Å². The molecule has 50 heavy (non-hydrogen) atoms. The van der Waals surface area contributed by atoms with Gasteiger partial charge in [-0.15, -0.1) is 0 Å². The number of ether oxygens (including phenoxy) is 2. The molecule has 0 unspecified atom stereocenters. The summed E-state index contributed by atoms with van der Waals surface area (Å²) >= 11 is 0. The highest BCUT2D eigenvalue weighted by molar-refractivity contribution is 7.92. The number of sulfonamides is 1. The number of rotatable bonds is 14. The number of aromatic nitrogens is 1. The Morgan fingerprint density at radius 1 is 0.860 bits per heavy atom. The minimum Gasteiger partial charge on any atom is -0.493 e. The third kappa shape index (κ3) is 9.84. The first-order valence-electron chi connectivity index (χ1n) is 15.9. The predicted molar refractivity (Wildman–Crippen MR) is 197 cm³/mol. The lowest BCUT2D eigenvalue weighted by Crippen LogP contribution is -2.23. The maximum Gasteiger partial charge on any atom is 0.253 e. The second kappa shape index (κ2) is 16.0. The number of benzene rings is 4. The first kappa shape index (κ1) is 35.4. The molecule has 11 heteroatoms. The Kier molecular flexibility index (Phi) is 11.4. The maximum absolute atomic E-state index is 12.9. The largest absolute Gasteiger partial charge is 0.493 e. The molecule has 0 fully saturated rings. The van der Waals surface area contributed by atoms with Crippen molar-refractivity contribution in [3.05, 3.63) is 149 Å². The van der Waals surface area contributed by atoms with Gasteiger partial charge in [-0.2, -0.15) is 0 Å². The Hall–Kier alpha value is -5.86. The molecule has 10 nitrogen and oxygen atoms in total. The molecule has 0 bridgehead atoms. The van der Waals surface area contributed by atoms with E-state index >= 15 is 0 Å². The van der Waals surface area contributed by atoms with E-state index in [1.807, 2.05) is 67.6 Å². The van der Waals surface area contributed by atoms with E-state index in [0.717, 1.165) is 34.2 Å². The fourth-order valence-corrected chi connectivity index (χ4v) is 5.97. The van der Waals surface area contributed by atoms with Crippen LogP contribution in [0.5, 0.6) is 17.2 Å². The highest BCUT2D eigenvalue weighted by Gasteiger charge is 2.16. The Bertz CT molecular complexity index is 2080. The van der Waals surface area contributed by atoms with Gasteiger partial charge in [-0.3, -0.25) is 14.5 Å². The van der Waals surface area contributed by atoms with Crippen molar-refractivity contribution in [1.82, 2.24) is 9.88 Å². The van der Waals surface area contributed by atoms with Gasteiger partial charge in [0, 0.05) is 63.3 Å². The molecule has 0 aliphatic heterocycles. The number of carbonyl (C=O) groups excluding carboxylic acids is 1. The second-order valence-electron chi connectivity index (χ2n) is 12.1. The van der Waals surface area contributed by atoms with Crippen LogP contribution in [0.2, 0.25) is 0 Å². The van der Waals surface area contributed by atoms with E-state index in [4.69, 9.17) is 16.0 Å². The quantitative estimate of drug-likeness (QED) is 0.120. The molecular weight excluding hydrogens is 651 g/mol.